The zero-order valence-corrected chi connectivity index (χ0v) is 10.4. The topological polar surface area (TPSA) is 58.2 Å². The predicted octanol–water partition coefficient (Wildman–Crippen LogP) is 0.415. The van der Waals surface area contributed by atoms with Gasteiger partial charge in [-0.25, -0.2) is 21.9 Å². The van der Waals surface area contributed by atoms with Crippen molar-refractivity contribution in [1.29, 1.82) is 0 Å². The molecule has 1 fully saturated rings. The van der Waals surface area contributed by atoms with Gasteiger partial charge in [0.25, 0.3) is 5.92 Å². The largest absolute Gasteiger partial charge is 0.313 e. The van der Waals surface area contributed by atoms with Gasteiger partial charge in [0.05, 0.1) is 12.2 Å². The maximum absolute atomic E-state index is 13.8. The number of rotatable bonds is 3. The quantitative estimate of drug-likeness (QED) is 0.769. The van der Waals surface area contributed by atoms with Crippen LogP contribution in [0.5, 0.6) is 0 Å². The molecule has 0 radical (unpaired) electrons. The number of sulfonamides is 1. The lowest BCUT2D eigenvalue weighted by molar-refractivity contribution is -0.128. The van der Waals surface area contributed by atoms with E-state index in [9.17, 15) is 17.2 Å². The van der Waals surface area contributed by atoms with E-state index in [1.165, 1.54) is 6.92 Å². The summed E-state index contributed by atoms with van der Waals surface area (Å²) in [6.45, 7) is 3.13. The highest BCUT2D eigenvalue weighted by Crippen LogP contribution is 2.37. The first kappa shape index (κ1) is 13.8. The molecule has 0 spiro atoms. The molecule has 16 heavy (non-hydrogen) atoms. The first-order valence-corrected chi connectivity index (χ1v) is 7.09. The van der Waals surface area contributed by atoms with Gasteiger partial charge in [0.1, 0.15) is 0 Å². The fourth-order valence-corrected chi connectivity index (χ4v) is 2.38. The van der Waals surface area contributed by atoms with Crippen LogP contribution in [0.2, 0.25) is 0 Å². The minimum absolute atomic E-state index is 0.232. The van der Waals surface area contributed by atoms with Crippen molar-refractivity contribution in [2.45, 2.75) is 25.8 Å². The monoisotopic (exact) mass is 256 g/mol. The van der Waals surface area contributed by atoms with Gasteiger partial charge >= 0.3 is 0 Å². The molecule has 0 saturated carbocycles. The second-order valence-corrected chi connectivity index (χ2v) is 6.33. The Morgan fingerprint density at radius 3 is 2.50 bits per heavy atom. The molecule has 0 aromatic heterocycles. The molecule has 1 saturated heterocycles. The lowest BCUT2D eigenvalue weighted by Crippen LogP contribution is -2.58. The van der Waals surface area contributed by atoms with Gasteiger partial charge in [-0.1, -0.05) is 6.92 Å². The summed E-state index contributed by atoms with van der Waals surface area (Å²) < 4.78 is 51.6. The molecule has 3 atom stereocenters. The third kappa shape index (κ3) is 3.11. The first-order valence-electron chi connectivity index (χ1n) is 5.20. The molecule has 0 bridgehead atoms. The smallest absolute Gasteiger partial charge is 0.257 e. The zero-order valence-electron chi connectivity index (χ0n) is 9.63. The van der Waals surface area contributed by atoms with Crippen LogP contribution >= 0.6 is 0 Å². The molecule has 3 unspecified atom stereocenters. The second kappa shape index (κ2) is 4.54. The minimum atomic E-state index is -3.43. The third-order valence-electron chi connectivity index (χ3n) is 3.07. The Morgan fingerprint density at radius 1 is 1.44 bits per heavy atom. The lowest BCUT2D eigenvalue weighted by Gasteiger charge is -2.41. The molecule has 4 nitrogen and oxygen atoms in total. The van der Waals surface area contributed by atoms with Crippen LogP contribution in [-0.4, -0.2) is 39.7 Å². The van der Waals surface area contributed by atoms with Crippen LogP contribution < -0.4 is 10.0 Å². The molecule has 1 aliphatic rings. The summed E-state index contributed by atoms with van der Waals surface area (Å²) in [5.41, 5.74) is 0. The third-order valence-corrected chi connectivity index (χ3v) is 3.76. The van der Waals surface area contributed by atoms with Crippen molar-refractivity contribution in [3.8, 4) is 0 Å². The number of halogens is 2. The predicted molar refractivity (Wildman–Crippen MR) is 57.9 cm³/mol. The van der Waals surface area contributed by atoms with E-state index >= 15 is 0 Å². The standard InChI is InChI=1S/C9H18F2N2O2S/c1-6-4-12-7(2)8(9(6,10)11)5-13-16(3,14)15/h6-8,12-13H,4-5H2,1-3H3. The van der Waals surface area contributed by atoms with Crippen LogP contribution in [0, 0.1) is 11.8 Å². The molecular formula is C9H18F2N2O2S. The first-order chi connectivity index (χ1) is 7.14. The molecule has 0 aromatic rings. The molecule has 1 aliphatic heterocycles. The van der Waals surface area contributed by atoms with Crippen molar-refractivity contribution < 1.29 is 17.2 Å². The summed E-state index contributed by atoms with van der Waals surface area (Å²) >= 11 is 0. The molecule has 96 valence electrons. The van der Waals surface area contributed by atoms with Crippen molar-refractivity contribution in [2.24, 2.45) is 11.8 Å². The van der Waals surface area contributed by atoms with E-state index in [1.54, 1.807) is 6.92 Å². The summed E-state index contributed by atoms with van der Waals surface area (Å²) in [7, 11) is -3.43. The number of hydrogen-bond donors (Lipinski definition) is 2. The van der Waals surface area contributed by atoms with E-state index in [2.05, 4.69) is 10.0 Å². The van der Waals surface area contributed by atoms with Crippen LogP contribution in [0.3, 0.4) is 0 Å². The summed E-state index contributed by atoms with van der Waals surface area (Å²) in [5, 5.41) is 2.96. The number of piperidine rings is 1. The van der Waals surface area contributed by atoms with Crippen LogP contribution in [0.25, 0.3) is 0 Å². The molecule has 7 heteroatoms. The number of alkyl halides is 2. The molecule has 0 amide bonds. The van der Waals surface area contributed by atoms with Gasteiger partial charge in [0, 0.05) is 25.0 Å². The van der Waals surface area contributed by atoms with Gasteiger partial charge in [0.2, 0.25) is 10.0 Å². The molecule has 0 aromatic carbocycles. The number of nitrogens with one attached hydrogen (secondary N) is 2. The molecule has 1 heterocycles. The fourth-order valence-electron chi connectivity index (χ4n) is 1.89. The molecule has 2 N–H and O–H groups in total. The maximum Gasteiger partial charge on any atom is 0.257 e. The Hall–Kier alpha value is -0.270. The Labute approximate surface area is 94.8 Å². The van der Waals surface area contributed by atoms with E-state index in [1.807, 2.05) is 0 Å². The summed E-state index contributed by atoms with van der Waals surface area (Å²) in [6.07, 6.45) is 0.968. The number of hydrogen-bond acceptors (Lipinski definition) is 3. The van der Waals surface area contributed by atoms with E-state index in [0.29, 0.717) is 0 Å². The van der Waals surface area contributed by atoms with E-state index < -0.39 is 33.8 Å². The minimum Gasteiger partial charge on any atom is -0.313 e. The van der Waals surface area contributed by atoms with Crippen LogP contribution in [0.15, 0.2) is 0 Å². The normalized spacial score (nSPS) is 34.9. The Kier molecular flexibility index (Phi) is 3.91. The van der Waals surface area contributed by atoms with Crippen LogP contribution in [0.1, 0.15) is 13.8 Å². The molecule has 0 aliphatic carbocycles. The van der Waals surface area contributed by atoms with Gasteiger partial charge in [-0.3, -0.25) is 0 Å². The summed E-state index contributed by atoms with van der Waals surface area (Å²) in [5.74, 6) is -4.64. The van der Waals surface area contributed by atoms with Crippen molar-refractivity contribution >= 4 is 10.0 Å². The van der Waals surface area contributed by atoms with Crippen LogP contribution in [0.4, 0.5) is 8.78 Å². The van der Waals surface area contributed by atoms with Gasteiger partial charge < -0.3 is 5.32 Å². The Balaban J connectivity index is 2.74. The summed E-state index contributed by atoms with van der Waals surface area (Å²) in [6, 6.07) is -0.402. The highest BCUT2D eigenvalue weighted by Gasteiger charge is 2.50. The van der Waals surface area contributed by atoms with E-state index in [4.69, 9.17) is 0 Å². The van der Waals surface area contributed by atoms with Crippen molar-refractivity contribution in [3.63, 3.8) is 0 Å². The Morgan fingerprint density at radius 2 is 2.00 bits per heavy atom. The van der Waals surface area contributed by atoms with Gasteiger partial charge in [0.15, 0.2) is 0 Å². The lowest BCUT2D eigenvalue weighted by atomic mass is 9.82. The molecule has 1 rings (SSSR count). The second-order valence-electron chi connectivity index (χ2n) is 4.50. The SMILES string of the molecule is CC1NCC(C)C(F)(F)C1CNS(C)(=O)=O. The molecular weight excluding hydrogens is 238 g/mol. The summed E-state index contributed by atoms with van der Waals surface area (Å²) in [4.78, 5) is 0. The van der Waals surface area contributed by atoms with E-state index in [-0.39, 0.29) is 13.1 Å². The van der Waals surface area contributed by atoms with Gasteiger partial charge in [-0.15, -0.1) is 0 Å². The van der Waals surface area contributed by atoms with Gasteiger partial charge in [-0.05, 0) is 6.92 Å². The van der Waals surface area contributed by atoms with Crippen molar-refractivity contribution in [3.05, 3.63) is 0 Å². The Bertz CT molecular complexity index is 345. The van der Waals surface area contributed by atoms with Gasteiger partial charge in [-0.2, -0.15) is 0 Å². The average Bonchev–Trinajstić information content (AvgIpc) is 2.09. The maximum atomic E-state index is 13.8. The van der Waals surface area contributed by atoms with E-state index in [0.717, 1.165) is 6.26 Å². The zero-order chi connectivity index (χ0) is 12.6. The fraction of sp³-hybridized carbons (Fsp3) is 1.00. The van der Waals surface area contributed by atoms with Crippen LogP contribution in [-0.2, 0) is 10.0 Å². The highest BCUT2D eigenvalue weighted by atomic mass is 32.2. The average molecular weight is 256 g/mol. The van der Waals surface area contributed by atoms with Crippen molar-refractivity contribution in [2.75, 3.05) is 19.3 Å². The highest BCUT2D eigenvalue weighted by molar-refractivity contribution is 7.88. The van der Waals surface area contributed by atoms with Crippen molar-refractivity contribution in [1.82, 2.24) is 10.0 Å².